The summed E-state index contributed by atoms with van der Waals surface area (Å²) in [4.78, 5) is 2.53. The van der Waals surface area contributed by atoms with Gasteiger partial charge in [0.15, 0.2) is 0 Å². The molecule has 2 aliphatic rings. The fourth-order valence-corrected chi connectivity index (χ4v) is 4.23. The van der Waals surface area contributed by atoms with E-state index in [1.54, 1.807) is 0 Å². The van der Waals surface area contributed by atoms with Gasteiger partial charge in [-0.2, -0.15) is 0 Å². The Kier molecular flexibility index (Phi) is 5.69. The Morgan fingerprint density at radius 3 is 2.76 bits per heavy atom. The predicted molar refractivity (Wildman–Crippen MR) is 86.5 cm³/mol. The molecule has 1 saturated heterocycles. The van der Waals surface area contributed by atoms with Crippen LogP contribution >= 0.6 is 0 Å². The minimum atomic E-state index is -0.0457. The zero-order valence-corrected chi connectivity index (χ0v) is 14.3. The van der Waals surface area contributed by atoms with Gasteiger partial charge in [0.1, 0.15) is 0 Å². The fraction of sp³-hybridized carbons (Fsp3) is 1.00. The molecule has 2 rings (SSSR count). The van der Waals surface area contributed by atoms with E-state index in [1.807, 2.05) is 0 Å². The largest absolute Gasteiger partial charge is 0.394 e. The summed E-state index contributed by atoms with van der Waals surface area (Å²) in [5.41, 5.74) is -0.0614. The Morgan fingerprint density at radius 1 is 1.38 bits per heavy atom. The number of aliphatic hydroxyl groups is 1. The van der Waals surface area contributed by atoms with Gasteiger partial charge in [0.25, 0.3) is 0 Å². The van der Waals surface area contributed by atoms with Crippen molar-refractivity contribution in [2.75, 3.05) is 32.8 Å². The molecular formula is C17H34N2O2. The smallest absolute Gasteiger partial charge is 0.0753 e. The van der Waals surface area contributed by atoms with Crippen molar-refractivity contribution in [3.05, 3.63) is 0 Å². The third-order valence-electron chi connectivity index (χ3n) is 5.11. The average Bonchev–Trinajstić information content (AvgIpc) is 2.78. The lowest BCUT2D eigenvalue weighted by Gasteiger charge is -2.41. The summed E-state index contributed by atoms with van der Waals surface area (Å²) >= 11 is 0. The first-order chi connectivity index (χ1) is 9.87. The van der Waals surface area contributed by atoms with Crippen LogP contribution < -0.4 is 5.32 Å². The highest BCUT2D eigenvalue weighted by atomic mass is 16.5. The van der Waals surface area contributed by atoms with Gasteiger partial charge in [-0.3, -0.25) is 4.90 Å². The molecule has 0 aromatic heterocycles. The fourth-order valence-electron chi connectivity index (χ4n) is 4.23. The van der Waals surface area contributed by atoms with Gasteiger partial charge in [-0.15, -0.1) is 0 Å². The van der Waals surface area contributed by atoms with E-state index in [4.69, 9.17) is 4.74 Å². The maximum Gasteiger partial charge on any atom is 0.0753 e. The molecule has 2 N–H and O–H groups in total. The van der Waals surface area contributed by atoms with Crippen LogP contribution in [-0.4, -0.2) is 60.0 Å². The lowest BCUT2D eigenvalue weighted by molar-refractivity contribution is -0.0874. The maximum atomic E-state index is 9.96. The predicted octanol–water partition coefficient (Wildman–Crippen LogP) is 2.02. The highest BCUT2D eigenvalue weighted by molar-refractivity contribution is 5.00. The van der Waals surface area contributed by atoms with Crippen molar-refractivity contribution >= 4 is 0 Å². The molecule has 4 heteroatoms. The molecule has 1 aliphatic carbocycles. The number of rotatable bonds is 6. The van der Waals surface area contributed by atoms with Gasteiger partial charge in [-0.05, 0) is 45.6 Å². The van der Waals surface area contributed by atoms with Crippen molar-refractivity contribution < 1.29 is 9.84 Å². The number of ether oxygens (including phenoxy) is 1. The van der Waals surface area contributed by atoms with E-state index in [0.29, 0.717) is 12.0 Å². The molecule has 2 fully saturated rings. The van der Waals surface area contributed by atoms with Crippen LogP contribution in [0.1, 0.15) is 53.4 Å². The van der Waals surface area contributed by atoms with Crippen LogP contribution in [0, 0.1) is 5.92 Å². The van der Waals surface area contributed by atoms with E-state index in [2.05, 4.69) is 37.9 Å². The minimum Gasteiger partial charge on any atom is -0.394 e. The Bertz CT molecular complexity index is 333. The molecule has 0 bridgehead atoms. The zero-order chi connectivity index (χ0) is 15.5. The molecule has 4 nitrogen and oxygen atoms in total. The number of hydrogen-bond acceptors (Lipinski definition) is 4. The van der Waals surface area contributed by atoms with Crippen LogP contribution in [-0.2, 0) is 4.74 Å². The number of nitrogens with one attached hydrogen (secondary N) is 1. The van der Waals surface area contributed by atoms with Gasteiger partial charge < -0.3 is 15.2 Å². The SMILES string of the molecule is CC(C)NC1(CO)CCCC1CCN1CCOC(C)(C)C1. The van der Waals surface area contributed by atoms with E-state index in [-0.39, 0.29) is 17.7 Å². The van der Waals surface area contributed by atoms with Gasteiger partial charge in [0, 0.05) is 24.7 Å². The van der Waals surface area contributed by atoms with Gasteiger partial charge in [-0.25, -0.2) is 0 Å². The monoisotopic (exact) mass is 298 g/mol. The van der Waals surface area contributed by atoms with Crippen molar-refractivity contribution in [1.29, 1.82) is 0 Å². The molecule has 0 aromatic rings. The number of morpholine rings is 1. The Balaban J connectivity index is 1.89. The molecule has 1 aliphatic heterocycles. The minimum absolute atomic E-state index is 0.0157. The van der Waals surface area contributed by atoms with E-state index < -0.39 is 0 Å². The number of aliphatic hydroxyl groups excluding tert-OH is 1. The van der Waals surface area contributed by atoms with Crippen LogP contribution in [0.25, 0.3) is 0 Å². The van der Waals surface area contributed by atoms with Crippen molar-refractivity contribution in [3.8, 4) is 0 Å². The summed E-state index contributed by atoms with van der Waals surface area (Å²) in [5.74, 6) is 0.593. The normalized spacial score (nSPS) is 33.7. The maximum absolute atomic E-state index is 9.96. The van der Waals surface area contributed by atoms with Crippen molar-refractivity contribution in [2.24, 2.45) is 5.92 Å². The van der Waals surface area contributed by atoms with Crippen LogP contribution in [0.15, 0.2) is 0 Å². The molecule has 0 aromatic carbocycles. The second-order valence-corrected chi connectivity index (χ2v) is 7.88. The Hall–Kier alpha value is -0.160. The quantitative estimate of drug-likeness (QED) is 0.787. The standard InChI is InChI=1S/C17H34N2O2/c1-14(2)18-17(13-20)8-5-6-15(17)7-9-19-10-11-21-16(3,4)12-19/h14-15,18,20H,5-13H2,1-4H3. The lowest BCUT2D eigenvalue weighted by Crippen LogP contribution is -2.55. The second-order valence-electron chi connectivity index (χ2n) is 7.88. The summed E-state index contributed by atoms with van der Waals surface area (Å²) in [6.07, 6.45) is 4.77. The first kappa shape index (κ1) is 17.2. The molecule has 21 heavy (non-hydrogen) atoms. The van der Waals surface area contributed by atoms with Gasteiger partial charge in [-0.1, -0.05) is 20.3 Å². The average molecular weight is 298 g/mol. The highest BCUT2D eigenvalue weighted by Gasteiger charge is 2.42. The number of hydrogen-bond donors (Lipinski definition) is 2. The van der Waals surface area contributed by atoms with Gasteiger partial charge in [0.2, 0.25) is 0 Å². The van der Waals surface area contributed by atoms with Crippen molar-refractivity contribution in [1.82, 2.24) is 10.2 Å². The van der Waals surface area contributed by atoms with Gasteiger partial charge in [0.05, 0.1) is 18.8 Å². The zero-order valence-electron chi connectivity index (χ0n) is 14.3. The lowest BCUT2D eigenvalue weighted by atomic mass is 9.84. The number of nitrogens with zero attached hydrogens (tertiary/aromatic N) is 1. The van der Waals surface area contributed by atoms with Gasteiger partial charge >= 0.3 is 0 Å². The van der Waals surface area contributed by atoms with E-state index in [1.165, 1.54) is 19.3 Å². The van der Waals surface area contributed by atoms with Crippen LogP contribution in [0.2, 0.25) is 0 Å². The topological polar surface area (TPSA) is 44.7 Å². The van der Waals surface area contributed by atoms with Crippen LogP contribution in [0.4, 0.5) is 0 Å². The van der Waals surface area contributed by atoms with Crippen LogP contribution in [0.5, 0.6) is 0 Å². The molecule has 124 valence electrons. The van der Waals surface area contributed by atoms with Crippen molar-refractivity contribution in [3.63, 3.8) is 0 Å². The van der Waals surface area contributed by atoms with E-state index >= 15 is 0 Å². The molecule has 2 unspecified atom stereocenters. The first-order valence-corrected chi connectivity index (χ1v) is 8.62. The first-order valence-electron chi connectivity index (χ1n) is 8.62. The summed E-state index contributed by atoms with van der Waals surface area (Å²) in [6.45, 7) is 13.0. The summed E-state index contributed by atoms with van der Waals surface area (Å²) in [6, 6.07) is 0.431. The van der Waals surface area contributed by atoms with E-state index in [9.17, 15) is 5.11 Å². The van der Waals surface area contributed by atoms with Crippen LogP contribution in [0.3, 0.4) is 0 Å². The molecule has 0 spiro atoms. The molecule has 1 saturated carbocycles. The Labute approximate surface area is 130 Å². The Morgan fingerprint density at radius 2 is 2.14 bits per heavy atom. The third-order valence-corrected chi connectivity index (χ3v) is 5.11. The summed E-state index contributed by atoms with van der Waals surface area (Å²) in [5, 5.41) is 13.6. The molecule has 0 radical (unpaired) electrons. The third kappa shape index (κ3) is 4.41. The highest BCUT2D eigenvalue weighted by Crippen LogP contribution is 2.38. The summed E-state index contributed by atoms with van der Waals surface area (Å²) < 4.78 is 5.79. The molecule has 1 heterocycles. The molecule has 0 amide bonds. The van der Waals surface area contributed by atoms with E-state index in [0.717, 1.165) is 32.7 Å². The molecule has 2 atom stereocenters. The van der Waals surface area contributed by atoms with Crippen molar-refractivity contribution in [2.45, 2.75) is 70.6 Å². The summed E-state index contributed by atoms with van der Waals surface area (Å²) in [7, 11) is 0. The second kappa shape index (κ2) is 6.95. The molecular weight excluding hydrogens is 264 g/mol.